The fourth-order valence-corrected chi connectivity index (χ4v) is 3.45. The summed E-state index contributed by atoms with van der Waals surface area (Å²) in [6.45, 7) is 6.10. The van der Waals surface area contributed by atoms with Crippen LogP contribution in [0.5, 0.6) is 17.2 Å². The summed E-state index contributed by atoms with van der Waals surface area (Å²) in [6, 6.07) is 12.6. The molecule has 0 radical (unpaired) electrons. The number of carbonyl (C=O) groups is 2. The van der Waals surface area contributed by atoms with Crippen LogP contribution >= 0.6 is 0 Å². The molecule has 0 saturated carbocycles. The summed E-state index contributed by atoms with van der Waals surface area (Å²) in [4.78, 5) is 27.5. The van der Waals surface area contributed by atoms with Gasteiger partial charge < -0.3 is 24.4 Å². The molecule has 1 unspecified atom stereocenters. The van der Waals surface area contributed by atoms with Crippen LogP contribution in [0.3, 0.4) is 0 Å². The number of methoxy groups -OCH3 is 1. The number of rotatable bonds is 9. The van der Waals surface area contributed by atoms with Gasteiger partial charge in [0.25, 0.3) is 0 Å². The van der Waals surface area contributed by atoms with Crippen LogP contribution < -0.4 is 19.5 Å². The second-order valence-corrected chi connectivity index (χ2v) is 7.90. The van der Waals surface area contributed by atoms with Crippen molar-refractivity contribution in [3.63, 3.8) is 0 Å². The third-order valence-electron chi connectivity index (χ3n) is 5.15. The van der Waals surface area contributed by atoms with Gasteiger partial charge in [-0.15, -0.1) is 0 Å². The average molecular weight is 427 g/mol. The van der Waals surface area contributed by atoms with Crippen molar-refractivity contribution in [2.75, 3.05) is 13.9 Å². The molecule has 0 bridgehead atoms. The summed E-state index contributed by atoms with van der Waals surface area (Å²) in [6.07, 6.45) is 0.825. The first kappa shape index (κ1) is 22.5. The number of carbonyl (C=O) groups excluding carboxylic acids is 2. The normalized spacial score (nSPS) is 13.1. The highest BCUT2D eigenvalue weighted by atomic mass is 16.7. The highest BCUT2D eigenvalue weighted by Gasteiger charge is 2.26. The standard InChI is InChI=1S/C24H30N2O5/c1-16(2)25-24(28)17(3)26(14-19-6-5-7-20(12-19)29-4)23(27)11-9-18-8-10-21-22(13-18)31-15-30-21/h5-8,10,12-13,16-17H,9,11,14-15H2,1-4H3,(H,25,28). The molecular weight excluding hydrogens is 396 g/mol. The quantitative estimate of drug-likeness (QED) is 0.666. The maximum Gasteiger partial charge on any atom is 0.242 e. The van der Waals surface area contributed by atoms with E-state index in [1.807, 2.05) is 56.3 Å². The molecule has 1 heterocycles. The van der Waals surface area contributed by atoms with E-state index in [-0.39, 0.29) is 31.1 Å². The zero-order valence-corrected chi connectivity index (χ0v) is 18.5. The molecule has 166 valence electrons. The smallest absolute Gasteiger partial charge is 0.242 e. The van der Waals surface area contributed by atoms with Crippen molar-refractivity contribution in [1.82, 2.24) is 10.2 Å². The van der Waals surface area contributed by atoms with Crippen molar-refractivity contribution in [3.05, 3.63) is 53.6 Å². The van der Waals surface area contributed by atoms with Gasteiger partial charge in [-0.1, -0.05) is 18.2 Å². The van der Waals surface area contributed by atoms with E-state index >= 15 is 0 Å². The third-order valence-corrected chi connectivity index (χ3v) is 5.15. The summed E-state index contributed by atoms with van der Waals surface area (Å²) in [5.41, 5.74) is 1.89. The van der Waals surface area contributed by atoms with Crippen molar-refractivity contribution >= 4 is 11.8 Å². The van der Waals surface area contributed by atoms with Crippen LogP contribution in [0, 0.1) is 0 Å². The minimum atomic E-state index is -0.599. The lowest BCUT2D eigenvalue weighted by Crippen LogP contribution is -2.49. The number of nitrogens with one attached hydrogen (secondary N) is 1. The molecule has 1 aliphatic rings. The second-order valence-electron chi connectivity index (χ2n) is 7.90. The first-order chi connectivity index (χ1) is 14.9. The Morgan fingerprint density at radius 1 is 1.06 bits per heavy atom. The molecule has 7 nitrogen and oxygen atoms in total. The van der Waals surface area contributed by atoms with Gasteiger partial charge in [-0.25, -0.2) is 0 Å². The van der Waals surface area contributed by atoms with Crippen LogP contribution in [0.1, 0.15) is 38.3 Å². The number of hydrogen-bond donors (Lipinski definition) is 1. The largest absolute Gasteiger partial charge is 0.497 e. The van der Waals surface area contributed by atoms with Gasteiger partial charge in [-0.05, 0) is 62.6 Å². The van der Waals surface area contributed by atoms with Crippen LogP contribution in [0.25, 0.3) is 0 Å². The minimum absolute atomic E-state index is 0.00245. The molecule has 1 N–H and O–H groups in total. The summed E-state index contributed by atoms with van der Waals surface area (Å²) in [5, 5.41) is 2.90. The number of ether oxygens (including phenoxy) is 3. The Bertz CT molecular complexity index is 928. The summed E-state index contributed by atoms with van der Waals surface area (Å²) < 4.78 is 16.1. The lowest BCUT2D eigenvalue weighted by atomic mass is 10.1. The molecule has 1 atom stereocenters. The number of hydrogen-bond acceptors (Lipinski definition) is 5. The molecule has 0 spiro atoms. The monoisotopic (exact) mass is 426 g/mol. The van der Waals surface area contributed by atoms with Gasteiger partial charge in [0.15, 0.2) is 11.5 Å². The first-order valence-corrected chi connectivity index (χ1v) is 10.5. The van der Waals surface area contributed by atoms with Gasteiger partial charge >= 0.3 is 0 Å². The zero-order chi connectivity index (χ0) is 22.4. The highest BCUT2D eigenvalue weighted by Crippen LogP contribution is 2.32. The van der Waals surface area contributed by atoms with Gasteiger partial charge in [-0.3, -0.25) is 9.59 Å². The van der Waals surface area contributed by atoms with E-state index < -0.39 is 6.04 Å². The lowest BCUT2D eigenvalue weighted by molar-refractivity contribution is -0.140. The maximum absolute atomic E-state index is 13.2. The topological polar surface area (TPSA) is 77.1 Å². The molecule has 2 aromatic carbocycles. The van der Waals surface area contributed by atoms with Gasteiger partial charge in [0, 0.05) is 19.0 Å². The molecule has 0 aromatic heterocycles. The van der Waals surface area contributed by atoms with Crippen LogP contribution in [0.15, 0.2) is 42.5 Å². The molecule has 2 aromatic rings. The Balaban J connectivity index is 1.73. The van der Waals surface area contributed by atoms with Crippen molar-refractivity contribution in [2.45, 2.75) is 52.2 Å². The molecule has 0 fully saturated rings. The lowest BCUT2D eigenvalue weighted by Gasteiger charge is -2.29. The Morgan fingerprint density at radius 3 is 2.58 bits per heavy atom. The Hall–Kier alpha value is -3.22. The van der Waals surface area contributed by atoms with Gasteiger partial charge in [0.2, 0.25) is 18.6 Å². The molecule has 0 aliphatic carbocycles. The van der Waals surface area contributed by atoms with Crippen molar-refractivity contribution in [3.8, 4) is 17.2 Å². The van der Waals surface area contributed by atoms with E-state index in [4.69, 9.17) is 14.2 Å². The average Bonchev–Trinajstić information content (AvgIpc) is 3.23. The Labute approximate surface area is 183 Å². The molecule has 2 amide bonds. The number of fused-ring (bicyclic) bond motifs is 1. The van der Waals surface area contributed by atoms with Crippen LogP contribution in [-0.2, 0) is 22.6 Å². The van der Waals surface area contributed by atoms with E-state index in [9.17, 15) is 9.59 Å². The van der Waals surface area contributed by atoms with E-state index in [1.54, 1.807) is 18.9 Å². The number of aryl methyl sites for hydroxylation is 1. The molecule has 0 saturated heterocycles. The predicted octanol–water partition coefficient (Wildman–Crippen LogP) is 3.30. The predicted molar refractivity (Wildman–Crippen MR) is 117 cm³/mol. The van der Waals surface area contributed by atoms with E-state index in [0.29, 0.717) is 30.2 Å². The number of benzene rings is 2. The SMILES string of the molecule is COc1cccc(CN(C(=O)CCc2ccc3c(c2)OCO3)C(C)C(=O)NC(C)C)c1. The van der Waals surface area contributed by atoms with E-state index in [2.05, 4.69) is 5.32 Å². The maximum atomic E-state index is 13.2. The summed E-state index contributed by atoms with van der Waals surface area (Å²) in [5.74, 6) is 1.86. The van der Waals surface area contributed by atoms with Crippen LogP contribution in [0.4, 0.5) is 0 Å². The Kier molecular flexibility index (Phi) is 7.39. The summed E-state index contributed by atoms with van der Waals surface area (Å²) in [7, 11) is 1.60. The van der Waals surface area contributed by atoms with E-state index in [0.717, 1.165) is 11.1 Å². The molecule has 1 aliphatic heterocycles. The van der Waals surface area contributed by atoms with E-state index in [1.165, 1.54) is 0 Å². The van der Waals surface area contributed by atoms with Gasteiger partial charge in [0.1, 0.15) is 11.8 Å². The van der Waals surface area contributed by atoms with Crippen molar-refractivity contribution in [2.24, 2.45) is 0 Å². The molecule has 7 heteroatoms. The molecule has 3 rings (SSSR count). The summed E-state index contributed by atoms with van der Waals surface area (Å²) >= 11 is 0. The van der Waals surface area contributed by atoms with Crippen LogP contribution in [0.2, 0.25) is 0 Å². The van der Waals surface area contributed by atoms with Crippen LogP contribution in [-0.4, -0.2) is 42.7 Å². The molecule has 31 heavy (non-hydrogen) atoms. The number of nitrogens with zero attached hydrogens (tertiary/aromatic N) is 1. The molecular formula is C24H30N2O5. The fraction of sp³-hybridized carbons (Fsp3) is 0.417. The van der Waals surface area contributed by atoms with Gasteiger partial charge in [0.05, 0.1) is 7.11 Å². The van der Waals surface area contributed by atoms with Crippen molar-refractivity contribution < 1.29 is 23.8 Å². The number of amides is 2. The fourth-order valence-electron chi connectivity index (χ4n) is 3.45. The second kappa shape index (κ2) is 10.2. The minimum Gasteiger partial charge on any atom is -0.497 e. The Morgan fingerprint density at radius 2 is 1.84 bits per heavy atom. The van der Waals surface area contributed by atoms with Gasteiger partial charge in [-0.2, -0.15) is 0 Å². The first-order valence-electron chi connectivity index (χ1n) is 10.5. The van der Waals surface area contributed by atoms with Crippen molar-refractivity contribution in [1.29, 1.82) is 0 Å². The third kappa shape index (κ3) is 5.90. The zero-order valence-electron chi connectivity index (χ0n) is 18.5. The highest BCUT2D eigenvalue weighted by molar-refractivity contribution is 5.87.